The molecule has 0 saturated carbocycles. The zero-order valence-electron chi connectivity index (χ0n) is 32.5. The van der Waals surface area contributed by atoms with Gasteiger partial charge in [-0.25, -0.2) is 0 Å². The molecule has 2 aromatic heterocycles. The van der Waals surface area contributed by atoms with Crippen molar-refractivity contribution in [1.82, 2.24) is 4.57 Å². The molecule has 0 N–H and O–H groups in total. The third-order valence-corrected chi connectivity index (χ3v) is 13.2. The van der Waals surface area contributed by atoms with Crippen molar-refractivity contribution in [2.75, 3.05) is 4.90 Å². The van der Waals surface area contributed by atoms with Crippen LogP contribution < -0.4 is 4.90 Å². The van der Waals surface area contributed by atoms with Gasteiger partial charge in [0, 0.05) is 49.6 Å². The third-order valence-electron chi connectivity index (χ3n) is 13.2. The van der Waals surface area contributed by atoms with Crippen LogP contribution in [0.5, 0.6) is 0 Å². The molecular formula is C54H40N2O. The second-order valence-corrected chi connectivity index (χ2v) is 16.9. The number of furan rings is 1. The van der Waals surface area contributed by atoms with Gasteiger partial charge in [-0.1, -0.05) is 143 Å². The van der Waals surface area contributed by atoms with E-state index >= 15 is 0 Å². The SMILES string of the molecule is CC1(C)c2ccccc2-c2ccc(N(c3ccc4c5ccccc5n(-c5ccccc5)c4c3)c3cc4c(c5oc6ccccc6c35)-c3ccccc3C4(C)C)cc21. The van der Waals surface area contributed by atoms with Crippen LogP contribution in [-0.4, -0.2) is 4.57 Å². The van der Waals surface area contributed by atoms with Crippen molar-refractivity contribution in [3.63, 3.8) is 0 Å². The van der Waals surface area contributed by atoms with Crippen LogP contribution in [0.2, 0.25) is 0 Å². The van der Waals surface area contributed by atoms with Crippen LogP contribution >= 0.6 is 0 Å². The van der Waals surface area contributed by atoms with E-state index in [1.165, 1.54) is 66.3 Å². The Balaban J connectivity index is 1.21. The summed E-state index contributed by atoms with van der Waals surface area (Å²) in [5.74, 6) is 0. The van der Waals surface area contributed by atoms with Crippen LogP contribution in [0.25, 0.3) is 71.7 Å². The van der Waals surface area contributed by atoms with E-state index < -0.39 is 0 Å². The lowest BCUT2D eigenvalue weighted by atomic mass is 9.81. The Morgan fingerprint density at radius 1 is 0.456 bits per heavy atom. The Morgan fingerprint density at radius 3 is 1.88 bits per heavy atom. The molecule has 2 aliphatic carbocycles. The number of rotatable bonds is 4. The number of nitrogens with zero attached hydrogens (tertiary/aromatic N) is 2. The van der Waals surface area contributed by atoms with E-state index in [2.05, 4.69) is 207 Å². The minimum absolute atomic E-state index is 0.156. The Bertz CT molecular complexity index is 3300. The van der Waals surface area contributed by atoms with Crippen LogP contribution in [0.15, 0.2) is 174 Å². The van der Waals surface area contributed by atoms with Crippen molar-refractivity contribution in [3.8, 4) is 27.9 Å². The van der Waals surface area contributed by atoms with Gasteiger partial charge in [-0.2, -0.15) is 0 Å². The van der Waals surface area contributed by atoms with Gasteiger partial charge in [0.1, 0.15) is 11.2 Å². The summed E-state index contributed by atoms with van der Waals surface area (Å²) in [7, 11) is 0. The Morgan fingerprint density at radius 2 is 1.05 bits per heavy atom. The minimum Gasteiger partial charge on any atom is -0.455 e. The van der Waals surface area contributed by atoms with Crippen LogP contribution in [0.4, 0.5) is 17.1 Å². The summed E-state index contributed by atoms with van der Waals surface area (Å²) < 4.78 is 9.43. The van der Waals surface area contributed by atoms with Gasteiger partial charge in [0.15, 0.2) is 0 Å². The van der Waals surface area contributed by atoms with Crippen molar-refractivity contribution in [1.29, 1.82) is 0 Å². The molecule has 0 spiro atoms. The highest BCUT2D eigenvalue weighted by Gasteiger charge is 2.40. The highest BCUT2D eigenvalue weighted by molar-refractivity contribution is 6.19. The van der Waals surface area contributed by atoms with E-state index in [0.29, 0.717) is 0 Å². The zero-order valence-corrected chi connectivity index (χ0v) is 32.5. The maximum atomic E-state index is 7.01. The van der Waals surface area contributed by atoms with Gasteiger partial charge in [0.25, 0.3) is 0 Å². The first-order chi connectivity index (χ1) is 27.8. The second-order valence-electron chi connectivity index (χ2n) is 16.9. The Labute approximate surface area is 332 Å². The molecule has 0 amide bonds. The molecule has 0 fully saturated rings. The Hall–Kier alpha value is -6.84. The molecule has 10 aromatic rings. The fourth-order valence-corrected chi connectivity index (χ4v) is 10.4. The first-order valence-corrected chi connectivity index (χ1v) is 20.0. The maximum absolute atomic E-state index is 7.01. The molecule has 2 aliphatic rings. The quantitative estimate of drug-likeness (QED) is 0.180. The summed E-state index contributed by atoms with van der Waals surface area (Å²) in [6, 6.07) is 62.5. The van der Waals surface area contributed by atoms with Crippen molar-refractivity contribution < 1.29 is 4.42 Å². The first-order valence-electron chi connectivity index (χ1n) is 20.0. The lowest BCUT2D eigenvalue weighted by Gasteiger charge is -2.30. The smallest absolute Gasteiger partial charge is 0.145 e. The second kappa shape index (κ2) is 11.4. The lowest BCUT2D eigenvalue weighted by molar-refractivity contribution is 0.653. The van der Waals surface area contributed by atoms with E-state index in [-0.39, 0.29) is 10.8 Å². The molecule has 0 radical (unpaired) electrons. The molecule has 0 saturated heterocycles. The number of benzene rings is 8. The van der Waals surface area contributed by atoms with E-state index in [1.807, 2.05) is 0 Å². The molecule has 8 aromatic carbocycles. The number of hydrogen-bond acceptors (Lipinski definition) is 2. The van der Waals surface area contributed by atoms with Gasteiger partial charge >= 0.3 is 0 Å². The van der Waals surface area contributed by atoms with Crippen LogP contribution in [0.1, 0.15) is 49.9 Å². The number of aromatic nitrogens is 1. The Kier molecular flexibility index (Phi) is 6.46. The summed E-state index contributed by atoms with van der Waals surface area (Å²) in [6.45, 7) is 9.46. The number of hydrogen-bond donors (Lipinski definition) is 0. The standard InChI is InChI=1S/C54H40N2O/c1-53(2)42-22-12-8-18-36(42)37-28-26-34(30-44(37)53)55(35-27-29-39-38-19-10-14-24-46(38)56(47(39)31-35)33-16-6-5-7-17-33)48-32-45-50(40-20-9-13-23-43(40)54(45,3)4)52-51(48)41-21-11-15-25-49(41)57-52/h5-32H,1-4H3. The van der Waals surface area contributed by atoms with Gasteiger partial charge in [-0.3, -0.25) is 0 Å². The minimum atomic E-state index is -0.231. The topological polar surface area (TPSA) is 21.3 Å². The monoisotopic (exact) mass is 732 g/mol. The van der Waals surface area contributed by atoms with Crippen molar-refractivity contribution in [3.05, 3.63) is 192 Å². The average molecular weight is 733 g/mol. The molecule has 272 valence electrons. The summed E-state index contributed by atoms with van der Waals surface area (Å²) in [4.78, 5) is 2.51. The molecule has 3 nitrogen and oxygen atoms in total. The largest absolute Gasteiger partial charge is 0.455 e. The number of fused-ring (bicyclic) bond motifs is 13. The highest BCUT2D eigenvalue weighted by atomic mass is 16.3. The molecule has 0 aliphatic heterocycles. The van der Waals surface area contributed by atoms with Gasteiger partial charge in [0.05, 0.1) is 22.1 Å². The molecule has 0 unspecified atom stereocenters. The summed E-state index contributed by atoms with van der Waals surface area (Å²) >= 11 is 0. The molecule has 0 atom stereocenters. The van der Waals surface area contributed by atoms with Crippen molar-refractivity contribution in [2.24, 2.45) is 0 Å². The normalized spacial score (nSPS) is 14.6. The summed E-state index contributed by atoms with van der Waals surface area (Å²) in [5, 5.41) is 4.72. The van der Waals surface area contributed by atoms with Crippen LogP contribution in [-0.2, 0) is 10.8 Å². The van der Waals surface area contributed by atoms with Crippen LogP contribution in [0.3, 0.4) is 0 Å². The van der Waals surface area contributed by atoms with E-state index in [4.69, 9.17) is 4.42 Å². The maximum Gasteiger partial charge on any atom is 0.145 e. The average Bonchev–Trinajstić information content (AvgIpc) is 3.92. The van der Waals surface area contributed by atoms with E-state index in [0.717, 1.165) is 44.7 Å². The fourth-order valence-electron chi connectivity index (χ4n) is 10.4. The zero-order chi connectivity index (χ0) is 38.2. The predicted molar refractivity (Wildman–Crippen MR) is 238 cm³/mol. The van der Waals surface area contributed by atoms with Gasteiger partial charge < -0.3 is 13.9 Å². The predicted octanol–water partition coefficient (Wildman–Crippen LogP) is 14.8. The molecular weight excluding hydrogens is 693 g/mol. The molecule has 0 bridgehead atoms. The number of para-hydroxylation sites is 3. The number of anilines is 3. The van der Waals surface area contributed by atoms with Gasteiger partial charge in [0.2, 0.25) is 0 Å². The van der Waals surface area contributed by atoms with Gasteiger partial charge in [-0.05, 0) is 93.5 Å². The fraction of sp³-hybridized carbons (Fsp3) is 0.111. The van der Waals surface area contributed by atoms with Crippen LogP contribution in [0, 0.1) is 0 Å². The van der Waals surface area contributed by atoms with Gasteiger partial charge in [-0.15, -0.1) is 0 Å². The van der Waals surface area contributed by atoms with E-state index in [9.17, 15) is 0 Å². The van der Waals surface area contributed by atoms with Crippen molar-refractivity contribution >= 4 is 60.8 Å². The van der Waals surface area contributed by atoms with Crippen molar-refractivity contribution in [2.45, 2.75) is 38.5 Å². The molecule has 2 heterocycles. The first kappa shape index (κ1) is 32.4. The lowest BCUT2D eigenvalue weighted by Crippen LogP contribution is -2.18. The highest BCUT2D eigenvalue weighted by Crippen LogP contribution is 2.57. The molecule has 12 rings (SSSR count). The van der Waals surface area contributed by atoms with E-state index in [1.54, 1.807) is 0 Å². The molecule has 3 heteroatoms. The summed E-state index contributed by atoms with van der Waals surface area (Å²) in [5.41, 5.74) is 18.7. The molecule has 57 heavy (non-hydrogen) atoms. The summed E-state index contributed by atoms with van der Waals surface area (Å²) in [6.07, 6.45) is 0. The third kappa shape index (κ3) is 4.32.